The van der Waals surface area contributed by atoms with E-state index < -0.39 is 0 Å². The molecule has 0 aliphatic rings. The van der Waals surface area contributed by atoms with E-state index in [0.29, 0.717) is 24.5 Å². The molecule has 4 nitrogen and oxygen atoms in total. The zero-order chi connectivity index (χ0) is 10.4. The number of benzene rings is 1. The summed E-state index contributed by atoms with van der Waals surface area (Å²) in [6, 6.07) is 5.08. The molecule has 1 aromatic carbocycles. The molecule has 0 atom stereocenters. The van der Waals surface area contributed by atoms with Crippen molar-refractivity contribution in [1.82, 2.24) is 0 Å². The third kappa shape index (κ3) is 2.81. The van der Waals surface area contributed by atoms with E-state index in [1.165, 1.54) is 0 Å². The van der Waals surface area contributed by atoms with Crippen LogP contribution >= 0.6 is 0 Å². The Morgan fingerprint density at radius 2 is 2.29 bits per heavy atom. The van der Waals surface area contributed by atoms with Crippen LogP contribution in [0.5, 0.6) is 5.75 Å². The lowest BCUT2D eigenvalue weighted by molar-refractivity contribution is 0.233. The molecule has 0 unspecified atom stereocenters. The van der Waals surface area contributed by atoms with Gasteiger partial charge in [-0.2, -0.15) is 0 Å². The van der Waals surface area contributed by atoms with E-state index in [9.17, 15) is 4.91 Å². The molecule has 1 rings (SSSR count). The van der Waals surface area contributed by atoms with Gasteiger partial charge in [0.25, 0.3) is 0 Å². The van der Waals surface area contributed by atoms with E-state index in [1.54, 1.807) is 25.1 Å². The Morgan fingerprint density at radius 3 is 2.86 bits per heavy atom. The van der Waals surface area contributed by atoms with Crippen molar-refractivity contribution in [1.29, 1.82) is 0 Å². The van der Waals surface area contributed by atoms with Crippen molar-refractivity contribution in [3.05, 3.63) is 28.7 Å². The summed E-state index contributed by atoms with van der Waals surface area (Å²) in [6.45, 7) is 2.40. The van der Waals surface area contributed by atoms with Gasteiger partial charge in [0.05, 0.1) is 6.61 Å². The summed E-state index contributed by atoms with van der Waals surface area (Å²) in [5.74, 6) is 0.698. The van der Waals surface area contributed by atoms with Crippen LogP contribution in [-0.4, -0.2) is 18.3 Å². The molecule has 0 amide bonds. The van der Waals surface area contributed by atoms with Gasteiger partial charge in [-0.05, 0) is 35.9 Å². The molecule has 0 saturated carbocycles. The lowest BCUT2D eigenvalue weighted by Crippen LogP contribution is -1.99. The molecule has 1 aromatic rings. The van der Waals surface area contributed by atoms with Gasteiger partial charge in [0.1, 0.15) is 11.4 Å². The Bertz CT molecular complexity index is 312. The third-order valence-corrected chi connectivity index (χ3v) is 1.84. The third-order valence-electron chi connectivity index (χ3n) is 1.84. The topological polar surface area (TPSA) is 58.9 Å². The number of ether oxygens (including phenoxy) is 1. The fraction of sp³-hybridized carbons (Fsp3) is 0.400. The minimum atomic E-state index is 0.118. The predicted octanol–water partition coefficient (Wildman–Crippen LogP) is 2.15. The molecule has 0 heterocycles. The molecule has 0 aliphatic carbocycles. The Morgan fingerprint density at radius 1 is 1.50 bits per heavy atom. The van der Waals surface area contributed by atoms with E-state index in [2.05, 4.69) is 5.18 Å². The lowest BCUT2D eigenvalue weighted by atomic mass is 10.2. The van der Waals surface area contributed by atoms with Gasteiger partial charge in [-0.1, -0.05) is 0 Å². The van der Waals surface area contributed by atoms with E-state index in [4.69, 9.17) is 9.84 Å². The van der Waals surface area contributed by atoms with Crippen LogP contribution in [0.4, 0.5) is 5.69 Å². The second kappa shape index (κ2) is 5.34. The first-order valence-electron chi connectivity index (χ1n) is 4.45. The molecule has 0 aliphatic heterocycles. The van der Waals surface area contributed by atoms with Crippen LogP contribution in [-0.2, 0) is 0 Å². The van der Waals surface area contributed by atoms with Gasteiger partial charge in [-0.25, -0.2) is 0 Å². The predicted molar refractivity (Wildman–Crippen MR) is 53.8 cm³/mol. The van der Waals surface area contributed by atoms with Crippen LogP contribution in [0.25, 0.3) is 0 Å². The zero-order valence-corrected chi connectivity index (χ0v) is 8.06. The maximum Gasteiger partial charge on any atom is 0.119 e. The molecule has 0 saturated heterocycles. The fourth-order valence-electron chi connectivity index (χ4n) is 1.07. The summed E-state index contributed by atoms with van der Waals surface area (Å²) in [5.41, 5.74) is 1.22. The van der Waals surface area contributed by atoms with E-state index in [0.717, 1.165) is 5.56 Å². The highest BCUT2D eigenvalue weighted by atomic mass is 16.5. The summed E-state index contributed by atoms with van der Waals surface area (Å²) < 4.78 is 5.32. The summed E-state index contributed by atoms with van der Waals surface area (Å²) >= 11 is 0. The average Bonchev–Trinajstić information content (AvgIpc) is 2.18. The first-order chi connectivity index (χ1) is 6.77. The van der Waals surface area contributed by atoms with Crippen LogP contribution in [0.2, 0.25) is 0 Å². The number of hydrogen-bond acceptors (Lipinski definition) is 4. The Balaban J connectivity index is 2.62. The van der Waals surface area contributed by atoms with Gasteiger partial charge in [0.2, 0.25) is 0 Å². The van der Waals surface area contributed by atoms with Gasteiger partial charge >= 0.3 is 0 Å². The van der Waals surface area contributed by atoms with Gasteiger partial charge in [-0.3, -0.25) is 0 Å². The zero-order valence-electron chi connectivity index (χ0n) is 8.06. The molecule has 76 valence electrons. The number of aliphatic hydroxyl groups excluding tert-OH is 1. The largest absolute Gasteiger partial charge is 0.493 e. The summed E-state index contributed by atoms with van der Waals surface area (Å²) in [6.07, 6.45) is 0.604. The highest BCUT2D eigenvalue weighted by Crippen LogP contribution is 2.23. The van der Waals surface area contributed by atoms with E-state index in [1.807, 2.05) is 0 Å². The Kier molecular flexibility index (Phi) is 4.07. The van der Waals surface area contributed by atoms with Crippen molar-refractivity contribution >= 4 is 5.69 Å². The van der Waals surface area contributed by atoms with Gasteiger partial charge < -0.3 is 9.84 Å². The minimum absolute atomic E-state index is 0.118. The molecular weight excluding hydrogens is 182 g/mol. The standard InChI is InChI=1S/C10H13NO3/c1-8-7-9(14-6-2-5-12)3-4-10(8)11-13/h3-4,7,12H,2,5-6H2,1H3. The maximum atomic E-state index is 10.3. The van der Waals surface area contributed by atoms with Crippen LogP contribution in [0.15, 0.2) is 23.4 Å². The molecule has 14 heavy (non-hydrogen) atoms. The SMILES string of the molecule is Cc1cc(OCCCO)ccc1N=O. The van der Waals surface area contributed by atoms with Crippen molar-refractivity contribution in [2.24, 2.45) is 5.18 Å². The average molecular weight is 195 g/mol. The van der Waals surface area contributed by atoms with Crippen molar-refractivity contribution in [3.8, 4) is 5.75 Å². The number of rotatable bonds is 5. The number of nitroso groups, excluding NO2 is 1. The van der Waals surface area contributed by atoms with Crippen molar-refractivity contribution < 1.29 is 9.84 Å². The van der Waals surface area contributed by atoms with Gasteiger partial charge in [-0.15, -0.1) is 4.91 Å². The smallest absolute Gasteiger partial charge is 0.119 e. The molecule has 4 heteroatoms. The van der Waals surface area contributed by atoms with Crippen LogP contribution < -0.4 is 4.74 Å². The van der Waals surface area contributed by atoms with Crippen molar-refractivity contribution in [2.45, 2.75) is 13.3 Å². The van der Waals surface area contributed by atoms with Gasteiger partial charge in [0.15, 0.2) is 0 Å². The molecular formula is C10H13NO3. The normalized spacial score (nSPS) is 9.86. The summed E-state index contributed by atoms with van der Waals surface area (Å²) in [5, 5.41) is 11.4. The summed E-state index contributed by atoms with van der Waals surface area (Å²) in [4.78, 5) is 10.3. The Labute approximate surface area is 82.5 Å². The molecule has 0 bridgehead atoms. The quantitative estimate of drug-likeness (QED) is 0.578. The molecule has 0 fully saturated rings. The molecule has 1 N–H and O–H groups in total. The monoisotopic (exact) mass is 195 g/mol. The van der Waals surface area contributed by atoms with Crippen LogP contribution in [0.3, 0.4) is 0 Å². The highest BCUT2D eigenvalue weighted by molar-refractivity contribution is 5.48. The van der Waals surface area contributed by atoms with Crippen LogP contribution in [0, 0.1) is 11.8 Å². The second-order valence-electron chi connectivity index (χ2n) is 2.97. The van der Waals surface area contributed by atoms with Crippen LogP contribution in [0.1, 0.15) is 12.0 Å². The first-order valence-corrected chi connectivity index (χ1v) is 4.45. The number of hydrogen-bond donors (Lipinski definition) is 1. The first kappa shape index (κ1) is 10.7. The summed E-state index contributed by atoms with van der Waals surface area (Å²) in [7, 11) is 0. The fourth-order valence-corrected chi connectivity index (χ4v) is 1.07. The minimum Gasteiger partial charge on any atom is -0.493 e. The Hall–Kier alpha value is -1.42. The van der Waals surface area contributed by atoms with Gasteiger partial charge in [0, 0.05) is 13.0 Å². The lowest BCUT2D eigenvalue weighted by Gasteiger charge is -2.06. The highest BCUT2D eigenvalue weighted by Gasteiger charge is 2.00. The number of aliphatic hydroxyl groups is 1. The second-order valence-corrected chi connectivity index (χ2v) is 2.97. The number of aryl methyl sites for hydroxylation is 1. The molecule has 0 aromatic heterocycles. The van der Waals surface area contributed by atoms with Crippen molar-refractivity contribution in [3.63, 3.8) is 0 Å². The maximum absolute atomic E-state index is 10.3. The van der Waals surface area contributed by atoms with E-state index in [-0.39, 0.29) is 6.61 Å². The number of nitrogens with zero attached hydrogens (tertiary/aromatic N) is 1. The van der Waals surface area contributed by atoms with Crippen molar-refractivity contribution in [2.75, 3.05) is 13.2 Å². The van der Waals surface area contributed by atoms with E-state index >= 15 is 0 Å². The molecule has 0 spiro atoms. The molecule has 0 radical (unpaired) electrons.